The highest BCUT2D eigenvalue weighted by molar-refractivity contribution is 7.84. The van der Waals surface area contributed by atoms with Gasteiger partial charge in [-0.1, -0.05) is 19.3 Å². The monoisotopic (exact) mass is 281 g/mol. The van der Waals surface area contributed by atoms with Crippen LogP contribution in [0.4, 0.5) is 0 Å². The van der Waals surface area contributed by atoms with Crippen molar-refractivity contribution in [1.82, 2.24) is 4.72 Å². The van der Waals surface area contributed by atoms with Crippen molar-refractivity contribution in [2.24, 2.45) is 17.8 Å². The van der Waals surface area contributed by atoms with Crippen molar-refractivity contribution >= 4 is 11.0 Å². The minimum absolute atomic E-state index is 0.173. The molecule has 108 valence electrons. The van der Waals surface area contributed by atoms with Crippen molar-refractivity contribution in [2.75, 3.05) is 0 Å². The van der Waals surface area contributed by atoms with Crippen LogP contribution < -0.4 is 4.72 Å². The highest BCUT2D eigenvalue weighted by Gasteiger charge is 2.54. The second-order valence-corrected chi connectivity index (χ2v) is 9.46. The molecule has 1 atom stereocenters. The summed E-state index contributed by atoms with van der Waals surface area (Å²) in [7, 11) is -0.772. The van der Waals surface area contributed by atoms with Gasteiger partial charge in [-0.3, -0.25) is 0 Å². The summed E-state index contributed by atoms with van der Waals surface area (Å²) < 4.78 is 16.7. The maximum atomic E-state index is 13.0. The molecule has 4 bridgehead atoms. The van der Waals surface area contributed by atoms with Crippen LogP contribution >= 0.6 is 0 Å². The molecule has 0 aliphatic heterocycles. The standard InChI is InChI=1S/C16H27NOS/c18-19(17-15-4-2-1-3-5-15)16-9-12-6-13(10-16)8-14(7-12)11-16/h12-15,17H,1-11H2/t12?,13?,14?,16?,19-/m1/s1. The lowest BCUT2D eigenvalue weighted by Gasteiger charge is -2.56. The smallest absolute Gasteiger partial charge is 0.0981 e. The number of nitrogens with one attached hydrogen (secondary N) is 1. The Morgan fingerprint density at radius 2 is 1.37 bits per heavy atom. The van der Waals surface area contributed by atoms with Crippen LogP contribution in [0.3, 0.4) is 0 Å². The van der Waals surface area contributed by atoms with E-state index in [-0.39, 0.29) is 4.75 Å². The number of hydrogen-bond donors (Lipinski definition) is 1. The highest BCUT2D eigenvalue weighted by Crippen LogP contribution is 2.57. The lowest BCUT2D eigenvalue weighted by Crippen LogP contribution is -2.56. The van der Waals surface area contributed by atoms with Crippen molar-refractivity contribution in [3.8, 4) is 0 Å². The third-order valence-electron chi connectivity index (χ3n) is 6.25. The Balaban J connectivity index is 1.47. The van der Waals surface area contributed by atoms with Crippen LogP contribution in [0.2, 0.25) is 0 Å². The summed E-state index contributed by atoms with van der Waals surface area (Å²) in [4.78, 5) is 0. The molecule has 5 rings (SSSR count). The van der Waals surface area contributed by atoms with Crippen molar-refractivity contribution in [2.45, 2.75) is 81.4 Å². The molecule has 3 heteroatoms. The summed E-state index contributed by atoms with van der Waals surface area (Å²) in [6, 6.07) is 0.544. The first-order valence-electron chi connectivity index (χ1n) is 8.41. The zero-order valence-electron chi connectivity index (χ0n) is 11.9. The van der Waals surface area contributed by atoms with E-state index in [4.69, 9.17) is 0 Å². The maximum absolute atomic E-state index is 13.0. The summed E-state index contributed by atoms with van der Waals surface area (Å²) in [6.07, 6.45) is 14.6. The van der Waals surface area contributed by atoms with Crippen LogP contribution in [-0.2, 0) is 11.0 Å². The Morgan fingerprint density at radius 3 is 1.89 bits per heavy atom. The van der Waals surface area contributed by atoms with Gasteiger partial charge in [0.05, 0.1) is 15.7 Å². The first-order chi connectivity index (χ1) is 9.23. The molecule has 0 saturated heterocycles. The molecule has 19 heavy (non-hydrogen) atoms. The van der Waals surface area contributed by atoms with E-state index in [0.717, 1.165) is 17.8 Å². The summed E-state index contributed by atoms with van der Waals surface area (Å²) in [6.45, 7) is 0. The van der Waals surface area contributed by atoms with Gasteiger partial charge in [0.15, 0.2) is 0 Å². The topological polar surface area (TPSA) is 29.1 Å². The molecular formula is C16H27NOS. The van der Waals surface area contributed by atoms with Crippen molar-refractivity contribution in [3.63, 3.8) is 0 Å². The van der Waals surface area contributed by atoms with Gasteiger partial charge in [-0.2, -0.15) is 0 Å². The predicted molar refractivity (Wildman–Crippen MR) is 79.1 cm³/mol. The van der Waals surface area contributed by atoms with E-state index < -0.39 is 11.0 Å². The number of rotatable bonds is 3. The fraction of sp³-hybridized carbons (Fsp3) is 1.00. The second kappa shape index (κ2) is 4.84. The van der Waals surface area contributed by atoms with Gasteiger partial charge in [0.1, 0.15) is 0 Å². The number of hydrogen-bond acceptors (Lipinski definition) is 1. The lowest BCUT2D eigenvalue weighted by molar-refractivity contribution is 0.0355. The van der Waals surface area contributed by atoms with E-state index in [1.807, 2.05) is 0 Å². The molecule has 5 fully saturated rings. The molecule has 0 unspecified atom stereocenters. The van der Waals surface area contributed by atoms with Crippen molar-refractivity contribution in [3.05, 3.63) is 0 Å². The van der Waals surface area contributed by atoms with E-state index in [1.54, 1.807) is 0 Å². The quantitative estimate of drug-likeness (QED) is 0.842. The second-order valence-electron chi connectivity index (χ2n) is 7.82. The lowest BCUT2D eigenvalue weighted by atomic mass is 9.56. The van der Waals surface area contributed by atoms with Gasteiger partial charge in [-0.15, -0.1) is 0 Å². The van der Waals surface area contributed by atoms with E-state index >= 15 is 0 Å². The molecule has 5 aliphatic carbocycles. The highest BCUT2D eigenvalue weighted by atomic mass is 32.2. The molecule has 0 amide bonds. The average Bonchev–Trinajstić information content (AvgIpc) is 2.38. The largest absolute Gasteiger partial charge is 0.242 e. The zero-order valence-corrected chi connectivity index (χ0v) is 12.7. The molecule has 0 heterocycles. The Labute approximate surface area is 119 Å². The Bertz CT molecular complexity index is 340. The van der Waals surface area contributed by atoms with E-state index in [0.29, 0.717) is 6.04 Å². The molecule has 1 N–H and O–H groups in total. The summed E-state index contributed by atoms with van der Waals surface area (Å²) in [5.74, 6) is 2.72. The van der Waals surface area contributed by atoms with Gasteiger partial charge < -0.3 is 0 Å². The molecule has 2 nitrogen and oxygen atoms in total. The summed E-state index contributed by atoms with van der Waals surface area (Å²) in [5, 5.41) is 0. The Hall–Kier alpha value is 0.110. The van der Waals surface area contributed by atoms with Crippen LogP contribution in [0.5, 0.6) is 0 Å². The molecular weight excluding hydrogens is 254 g/mol. The summed E-state index contributed by atoms with van der Waals surface area (Å²) in [5.41, 5.74) is 0. The van der Waals surface area contributed by atoms with E-state index in [9.17, 15) is 4.21 Å². The first kappa shape index (κ1) is 12.8. The zero-order chi connectivity index (χ0) is 12.9. The predicted octanol–water partition coefficient (Wildman–Crippen LogP) is 3.54. The molecule has 5 saturated carbocycles. The van der Waals surface area contributed by atoms with Crippen LogP contribution in [0.1, 0.15) is 70.6 Å². The Kier molecular flexibility index (Phi) is 3.26. The van der Waals surface area contributed by atoms with Crippen molar-refractivity contribution in [1.29, 1.82) is 0 Å². The normalized spacial score (nSPS) is 47.5. The fourth-order valence-corrected chi connectivity index (χ4v) is 7.70. The minimum Gasteiger partial charge on any atom is -0.242 e. The molecule has 5 aliphatic rings. The SMILES string of the molecule is O=[S@@](NC1CCCCC1)C12CC3CC(CC(C3)C1)C2. The molecule has 0 aromatic rings. The third kappa shape index (κ3) is 2.31. The van der Waals surface area contributed by atoms with Crippen LogP contribution in [-0.4, -0.2) is 15.0 Å². The van der Waals surface area contributed by atoms with Gasteiger partial charge in [0, 0.05) is 6.04 Å². The Morgan fingerprint density at radius 1 is 0.842 bits per heavy atom. The molecule has 0 radical (unpaired) electrons. The van der Waals surface area contributed by atoms with Gasteiger partial charge >= 0.3 is 0 Å². The first-order valence-corrected chi connectivity index (χ1v) is 9.56. The molecule has 0 aromatic carbocycles. The van der Waals surface area contributed by atoms with Gasteiger partial charge in [0.25, 0.3) is 0 Å². The molecule has 0 aromatic heterocycles. The van der Waals surface area contributed by atoms with E-state index in [2.05, 4.69) is 4.72 Å². The van der Waals surface area contributed by atoms with Crippen LogP contribution in [0.25, 0.3) is 0 Å². The third-order valence-corrected chi connectivity index (χ3v) is 8.09. The van der Waals surface area contributed by atoms with Crippen molar-refractivity contribution < 1.29 is 4.21 Å². The average molecular weight is 281 g/mol. The maximum Gasteiger partial charge on any atom is 0.0981 e. The van der Waals surface area contributed by atoms with Gasteiger partial charge in [-0.05, 0) is 69.1 Å². The van der Waals surface area contributed by atoms with E-state index in [1.165, 1.54) is 70.6 Å². The summed E-state index contributed by atoms with van der Waals surface area (Å²) >= 11 is 0. The van der Waals surface area contributed by atoms with Gasteiger partial charge in [-0.25, -0.2) is 8.93 Å². The molecule has 0 spiro atoms. The fourth-order valence-electron chi connectivity index (χ4n) is 5.76. The van der Waals surface area contributed by atoms with Crippen LogP contribution in [0.15, 0.2) is 0 Å². The van der Waals surface area contributed by atoms with Crippen LogP contribution in [0, 0.1) is 17.8 Å². The minimum atomic E-state index is -0.772. The van der Waals surface area contributed by atoms with Gasteiger partial charge in [0.2, 0.25) is 0 Å².